The summed E-state index contributed by atoms with van der Waals surface area (Å²) in [7, 11) is 0. The average molecular weight is 295 g/mol. The topological polar surface area (TPSA) is 29.1 Å². The van der Waals surface area contributed by atoms with Gasteiger partial charge in [0.2, 0.25) is 0 Å². The molecule has 22 heavy (non-hydrogen) atoms. The van der Waals surface area contributed by atoms with Gasteiger partial charge < -0.3 is 5.32 Å². The van der Waals surface area contributed by atoms with Gasteiger partial charge in [-0.15, -0.1) is 0 Å². The predicted octanol–water partition coefficient (Wildman–Crippen LogP) is 4.78. The Balaban J connectivity index is 2.09. The maximum atomic E-state index is 12.3. The van der Waals surface area contributed by atoms with Crippen LogP contribution in [0.1, 0.15) is 60.8 Å². The number of carbonyl (C=O) groups is 1. The summed E-state index contributed by atoms with van der Waals surface area (Å²) >= 11 is 0. The third-order valence-electron chi connectivity index (χ3n) is 3.90. The molecule has 0 aliphatic carbocycles. The second kappa shape index (κ2) is 6.35. The maximum absolute atomic E-state index is 12.3. The van der Waals surface area contributed by atoms with Gasteiger partial charge in [0.15, 0.2) is 0 Å². The van der Waals surface area contributed by atoms with Gasteiger partial charge in [0, 0.05) is 5.56 Å². The molecule has 0 aliphatic heterocycles. The Labute approximate surface area is 133 Å². The lowest BCUT2D eigenvalue weighted by atomic mass is 9.86. The van der Waals surface area contributed by atoms with Gasteiger partial charge in [-0.3, -0.25) is 4.79 Å². The van der Waals surface area contributed by atoms with E-state index in [0.29, 0.717) is 5.56 Å². The number of aryl methyl sites for hydroxylation is 1. The van der Waals surface area contributed by atoms with Crippen molar-refractivity contribution < 1.29 is 4.79 Å². The summed E-state index contributed by atoms with van der Waals surface area (Å²) in [6.45, 7) is 10.6. The highest BCUT2D eigenvalue weighted by Gasteiger charge is 2.15. The molecule has 0 saturated carbocycles. The molecule has 2 rings (SSSR count). The number of carbonyl (C=O) groups excluding carboxylic acids is 1. The fourth-order valence-electron chi connectivity index (χ4n) is 2.42. The maximum Gasteiger partial charge on any atom is 0.251 e. The number of nitrogens with one attached hydrogen (secondary N) is 1. The standard InChI is InChI=1S/C20H25NO/c1-14-7-6-8-17(13-14)19(22)21-15(2)16-9-11-18(12-10-16)20(3,4)5/h6-13,15H,1-5H3,(H,21,22)/t15-/m1/s1. The monoisotopic (exact) mass is 295 g/mol. The zero-order chi connectivity index (χ0) is 16.3. The van der Waals surface area contributed by atoms with Crippen LogP contribution in [0, 0.1) is 6.92 Å². The minimum absolute atomic E-state index is 0.0120. The molecule has 2 heteroatoms. The molecule has 2 nitrogen and oxygen atoms in total. The number of benzene rings is 2. The van der Waals surface area contributed by atoms with Crippen LogP contribution in [0.3, 0.4) is 0 Å². The second-order valence-corrected chi connectivity index (χ2v) is 6.94. The minimum atomic E-state index is -0.0314. The SMILES string of the molecule is Cc1cccc(C(=O)N[C@H](C)c2ccc(C(C)(C)C)cc2)c1. The van der Waals surface area contributed by atoms with Crippen LogP contribution in [0.4, 0.5) is 0 Å². The average Bonchev–Trinajstić information content (AvgIpc) is 2.46. The molecule has 0 aromatic heterocycles. The fourth-order valence-corrected chi connectivity index (χ4v) is 2.42. The van der Waals surface area contributed by atoms with E-state index >= 15 is 0 Å². The van der Waals surface area contributed by atoms with Crippen molar-refractivity contribution in [3.05, 3.63) is 70.8 Å². The molecule has 2 aromatic rings. The van der Waals surface area contributed by atoms with Gasteiger partial charge in [0.05, 0.1) is 6.04 Å². The zero-order valence-electron chi connectivity index (χ0n) is 14.1. The van der Waals surface area contributed by atoms with Crippen molar-refractivity contribution in [1.29, 1.82) is 0 Å². The van der Waals surface area contributed by atoms with E-state index < -0.39 is 0 Å². The molecule has 0 radical (unpaired) electrons. The molecular formula is C20H25NO. The van der Waals surface area contributed by atoms with Crippen molar-refractivity contribution >= 4 is 5.91 Å². The highest BCUT2D eigenvalue weighted by molar-refractivity contribution is 5.94. The van der Waals surface area contributed by atoms with Crippen LogP contribution in [-0.4, -0.2) is 5.91 Å². The molecule has 0 aliphatic rings. The van der Waals surface area contributed by atoms with Gasteiger partial charge in [-0.25, -0.2) is 0 Å². The van der Waals surface area contributed by atoms with Gasteiger partial charge in [-0.1, -0.05) is 62.7 Å². The Morgan fingerprint density at radius 3 is 2.23 bits per heavy atom. The van der Waals surface area contributed by atoms with E-state index in [0.717, 1.165) is 11.1 Å². The minimum Gasteiger partial charge on any atom is -0.346 e. The summed E-state index contributed by atoms with van der Waals surface area (Å²) in [6.07, 6.45) is 0. The van der Waals surface area contributed by atoms with Gasteiger partial charge in [-0.05, 0) is 42.5 Å². The van der Waals surface area contributed by atoms with E-state index in [1.54, 1.807) is 0 Å². The van der Waals surface area contributed by atoms with Crippen LogP contribution in [0.15, 0.2) is 48.5 Å². The molecule has 0 fully saturated rings. The molecular weight excluding hydrogens is 270 g/mol. The first-order valence-electron chi connectivity index (χ1n) is 7.75. The lowest BCUT2D eigenvalue weighted by Gasteiger charge is -2.20. The zero-order valence-corrected chi connectivity index (χ0v) is 14.1. The molecule has 116 valence electrons. The van der Waals surface area contributed by atoms with Crippen LogP contribution in [0.25, 0.3) is 0 Å². The van der Waals surface area contributed by atoms with Crippen LogP contribution < -0.4 is 5.32 Å². The molecule has 0 spiro atoms. The van der Waals surface area contributed by atoms with Crippen molar-refractivity contribution in [2.24, 2.45) is 0 Å². The summed E-state index contributed by atoms with van der Waals surface area (Å²) < 4.78 is 0. The molecule has 0 unspecified atom stereocenters. The number of rotatable bonds is 3. The van der Waals surface area contributed by atoms with Crippen molar-refractivity contribution in [3.63, 3.8) is 0 Å². The molecule has 0 bridgehead atoms. The molecule has 2 aromatic carbocycles. The van der Waals surface area contributed by atoms with Crippen molar-refractivity contribution in [1.82, 2.24) is 5.32 Å². The van der Waals surface area contributed by atoms with Crippen LogP contribution in [0.2, 0.25) is 0 Å². The first-order chi connectivity index (χ1) is 10.3. The van der Waals surface area contributed by atoms with Crippen molar-refractivity contribution in [3.8, 4) is 0 Å². The van der Waals surface area contributed by atoms with Gasteiger partial charge in [-0.2, -0.15) is 0 Å². The van der Waals surface area contributed by atoms with E-state index in [4.69, 9.17) is 0 Å². The van der Waals surface area contributed by atoms with Crippen molar-refractivity contribution in [2.45, 2.75) is 46.1 Å². The van der Waals surface area contributed by atoms with Crippen LogP contribution >= 0.6 is 0 Å². The second-order valence-electron chi connectivity index (χ2n) is 6.94. The van der Waals surface area contributed by atoms with Crippen LogP contribution in [-0.2, 0) is 5.41 Å². The lowest BCUT2D eigenvalue weighted by Crippen LogP contribution is -2.26. The summed E-state index contributed by atoms with van der Waals surface area (Å²) in [5.41, 5.74) is 4.36. The summed E-state index contributed by atoms with van der Waals surface area (Å²) in [4.78, 5) is 12.3. The first-order valence-corrected chi connectivity index (χ1v) is 7.75. The van der Waals surface area contributed by atoms with E-state index in [2.05, 4.69) is 50.4 Å². The Bertz CT molecular complexity index is 650. The summed E-state index contributed by atoms with van der Waals surface area (Å²) in [6, 6.07) is 16.1. The van der Waals surface area contributed by atoms with E-state index in [9.17, 15) is 4.79 Å². The van der Waals surface area contributed by atoms with Gasteiger partial charge >= 0.3 is 0 Å². The molecule has 1 atom stereocenters. The summed E-state index contributed by atoms with van der Waals surface area (Å²) in [5, 5.41) is 3.06. The fraction of sp³-hybridized carbons (Fsp3) is 0.350. The van der Waals surface area contributed by atoms with E-state index in [1.807, 2.05) is 38.1 Å². The third-order valence-corrected chi connectivity index (χ3v) is 3.90. The normalized spacial score (nSPS) is 12.8. The summed E-state index contributed by atoms with van der Waals surface area (Å²) in [5.74, 6) is -0.0314. The lowest BCUT2D eigenvalue weighted by molar-refractivity contribution is 0.0940. The molecule has 0 heterocycles. The molecule has 1 amide bonds. The quantitative estimate of drug-likeness (QED) is 0.867. The van der Waals surface area contributed by atoms with E-state index in [-0.39, 0.29) is 17.4 Å². The first kappa shape index (κ1) is 16.3. The molecule has 0 saturated heterocycles. The Hall–Kier alpha value is -2.09. The van der Waals surface area contributed by atoms with Gasteiger partial charge in [0.1, 0.15) is 0 Å². The van der Waals surface area contributed by atoms with Crippen LogP contribution in [0.5, 0.6) is 0 Å². The third kappa shape index (κ3) is 3.97. The largest absolute Gasteiger partial charge is 0.346 e. The van der Waals surface area contributed by atoms with Crippen molar-refractivity contribution in [2.75, 3.05) is 0 Å². The highest BCUT2D eigenvalue weighted by atomic mass is 16.1. The number of hydrogen-bond acceptors (Lipinski definition) is 1. The Morgan fingerprint density at radius 1 is 1.05 bits per heavy atom. The Kier molecular flexibility index (Phi) is 4.70. The smallest absolute Gasteiger partial charge is 0.251 e. The number of amides is 1. The highest BCUT2D eigenvalue weighted by Crippen LogP contribution is 2.24. The Morgan fingerprint density at radius 2 is 1.68 bits per heavy atom. The van der Waals surface area contributed by atoms with E-state index in [1.165, 1.54) is 5.56 Å². The number of hydrogen-bond donors (Lipinski definition) is 1. The van der Waals surface area contributed by atoms with Gasteiger partial charge in [0.25, 0.3) is 5.91 Å². The molecule has 1 N–H and O–H groups in total. The predicted molar refractivity (Wildman–Crippen MR) is 92.2 cm³/mol.